The quantitative estimate of drug-likeness (QED) is 0.429. The number of nitrogens with one attached hydrogen (secondary N) is 1. The predicted octanol–water partition coefficient (Wildman–Crippen LogP) is 4.41. The Hall–Kier alpha value is -2.26. The van der Waals surface area contributed by atoms with E-state index in [2.05, 4.69) is 30.9 Å². The molecule has 1 aromatic carbocycles. The van der Waals surface area contributed by atoms with Crippen LogP contribution >= 0.6 is 27.7 Å². The minimum Gasteiger partial charge on any atom is -0.487 e. The highest BCUT2D eigenvalue weighted by Crippen LogP contribution is 2.30. The number of hydrogen-bond acceptors (Lipinski definition) is 5. The average Bonchev–Trinajstić information content (AvgIpc) is 2.67. The van der Waals surface area contributed by atoms with Crippen LogP contribution in [-0.2, 0) is 13.0 Å². The van der Waals surface area contributed by atoms with Crippen molar-refractivity contribution < 1.29 is 13.5 Å². The van der Waals surface area contributed by atoms with Crippen LogP contribution < -0.4 is 10.3 Å². The Balaban J connectivity index is 1.93. The lowest BCUT2D eigenvalue weighted by atomic mass is 10.1. The molecule has 0 atom stereocenters. The van der Waals surface area contributed by atoms with Gasteiger partial charge in [0.05, 0.1) is 0 Å². The van der Waals surface area contributed by atoms with Crippen molar-refractivity contribution in [3.63, 3.8) is 0 Å². The summed E-state index contributed by atoms with van der Waals surface area (Å²) < 4.78 is 33.0. The van der Waals surface area contributed by atoms with Crippen LogP contribution in [0, 0.1) is 18.6 Å². The second-order valence-corrected chi connectivity index (χ2v) is 7.55. The van der Waals surface area contributed by atoms with Crippen LogP contribution in [0.15, 0.2) is 45.0 Å². The largest absolute Gasteiger partial charge is 0.487 e. The van der Waals surface area contributed by atoms with E-state index in [4.69, 9.17) is 4.74 Å². The van der Waals surface area contributed by atoms with Crippen LogP contribution in [0.3, 0.4) is 0 Å². The number of aromatic nitrogens is 3. The van der Waals surface area contributed by atoms with Crippen molar-refractivity contribution in [2.75, 3.05) is 6.26 Å². The monoisotopic (exact) mass is 467 g/mol. The average molecular weight is 468 g/mol. The van der Waals surface area contributed by atoms with Crippen LogP contribution in [0.4, 0.5) is 8.78 Å². The molecule has 0 saturated heterocycles. The van der Waals surface area contributed by atoms with Crippen molar-refractivity contribution in [1.82, 2.24) is 15.0 Å². The third-order valence-electron chi connectivity index (χ3n) is 4.06. The molecule has 0 aliphatic carbocycles. The van der Waals surface area contributed by atoms with Gasteiger partial charge in [0.25, 0.3) is 5.56 Å². The van der Waals surface area contributed by atoms with Crippen molar-refractivity contribution >= 4 is 27.7 Å². The highest BCUT2D eigenvalue weighted by atomic mass is 79.9. The number of H-pyrrole nitrogens is 1. The number of pyridine rings is 1. The number of aromatic amines is 1. The highest BCUT2D eigenvalue weighted by molar-refractivity contribution is 9.10. The molecule has 0 aliphatic heterocycles. The lowest BCUT2D eigenvalue weighted by molar-refractivity contribution is 0.293. The molecule has 9 heteroatoms. The van der Waals surface area contributed by atoms with E-state index >= 15 is 0 Å². The van der Waals surface area contributed by atoms with Crippen molar-refractivity contribution in [3.8, 4) is 5.75 Å². The van der Waals surface area contributed by atoms with Crippen molar-refractivity contribution in [2.24, 2.45) is 0 Å². The topological polar surface area (TPSA) is 67.9 Å². The molecule has 0 spiro atoms. The van der Waals surface area contributed by atoms with Gasteiger partial charge in [0.15, 0.2) is 5.16 Å². The summed E-state index contributed by atoms with van der Waals surface area (Å²) in [4.78, 5) is 23.4. The number of halogens is 3. The molecule has 3 rings (SSSR count). The first-order valence-electron chi connectivity index (χ1n) is 8.22. The molecule has 0 unspecified atom stereocenters. The molecule has 146 valence electrons. The van der Waals surface area contributed by atoms with Gasteiger partial charge in [-0.3, -0.25) is 4.79 Å². The van der Waals surface area contributed by atoms with Crippen LogP contribution in [0.2, 0.25) is 0 Å². The van der Waals surface area contributed by atoms with E-state index in [0.717, 1.165) is 23.3 Å². The fourth-order valence-corrected chi connectivity index (χ4v) is 3.37. The fourth-order valence-electron chi connectivity index (χ4n) is 2.60. The Kier molecular flexibility index (Phi) is 6.46. The third kappa shape index (κ3) is 4.59. The summed E-state index contributed by atoms with van der Waals surface area (Å²) in [6.45, 7) is 1.61. The predicted molar refractivity (Wildman–Crippen MR) is 107 cm³/mol. The van der Waals surface area contributed by atoms with Gasteiger partial charge < -0.3 is 9.72 Å². The Bertz CT molecular complexity index is 1060. The van der Waals surface area contributed by atoms with Gasteiger partial charge in [0.2, 0.25) is 0 Å². The number of aryl methyl sites for hydroxylation is 1. The standard InChI is InChI=1S/C19H16BrF2N3O2S/c1-10-14(5-11-7-23-19(28-2)24-8-11)17(16(20)18(26)25-10)27-9-12-3-4-13(21)6-15(12)22/h3-4,6-8H,5,9H2,1-2H3,(H,25,26). The van der Waals surface area contributed by atoms with E-state index in [1.54, 1.807) is 19.3 Å². The van der Waals surface area contributed by atoms with Crippen LogP contribution in [0.25, 0.3) is 0 Å². The van der Waals surface area contributed by atoms with E-state index in [9.17, 15) is 13.6 Å². The van der Waals surface area contributed by atoms with Crippen molar-refractivity contribution in [1.29, 1.82) is 0 Å². The van der Waals surface area contributed by atoms with Gasteiger partial charge in [-0.05, 0) is 46.8 Å². The van der Waals surface area contributed by atoms with Crippen molar-refractivity contribution in [3.05, 3.63) is 79.4 Å². The van der Waals surface area contributed by atoms with E-state index < -0.39 is 11.6 Å². The second-order valence-electron chi connectivity index (χ2n) is 5.98. The molecule has 3 aromatic rings. The zero-order chi connectivity index (χ0) is 20.3. The van der Waals surface area contributed by atoms with E-state index in [1.165, 1.54) is 17.8 Å². The minimum absolute atomic E-state index is 0.150. The molecule has 0 radical (unpaired) electrons. The Morgan fingerprint density at radius 2 is 1.96 bits per heavy atom. The van der Waals surface area contributed by atoms with Gasteiger partial charge in [-0.2, -0.15) is 0 Å². The van der Waals surface area contributed by atoms with Gasteiger partial charge in [-0.25, -0.2) is 18.7 Å². The summed E-state index contributed by atoms with van der Waals surface area (Å²) >= 11 is 4.69. The number of thioether (sulfide) groups is 1. The summed E-state index contributed by atoms with van der Waals surface area (Å²) in [5.41, 5.74) is 2.00. The van der Waals surface area contributed by atoms with Crippen LogP contribution in [-0.4, -0.2) is 21.2 Å². The molecular weight excluding hydrogens is 452 g/mol. The molecule has 0 saturated carbocycles. The molecular formula is C19H16BrF2N3O2S. The first kappa shape index (κ1) is 20.5. The minimum atomic E-state index is -0.708. The van der Waals surface area contributed by atoms with Gasteiger partial charge in [-0.15, -0.1) is 0 Å². The fraction of sp³-hybridized carbons (Fsp3) is 0.211. The van der Waals surface area contributed by atoms with Gasteiger partial charge in [0.1, 0.15) is 28.5 Å². The lowest BCUT2D eigenvalue weighted by Gasteiger charge is -2.16. The second kappa shape index (κ2) is 8.83. The summed E-state index contributed by atoms with van der Waals surface area (Å²) in [6, 6.07) is 3.26. The normalized spacial score (nSPS) is 10.9. The number of nitrogens with zero attached hydrogens (tertiary/aromatic N) is 2. The van der Waals surface area contributed by atoms with E-state index in [0.29, 0.717) is 23.0 Å². The smallest absolute Gasteiger partial charge is 0.266 e. The molecule has 1 N–H and O–H groups in total. The molecule has 0 amide bonds. The summed E-state index contributed by atoms with van der Waals surface area (Å²) in [7, 11) is 0. The van der Waals surface area contributed by atoms with Crippen LogP contribution in [0.1, 0.15) is 22.4 Å². The molecule has 2 heterocycles. The van der Waals surface area contributed by atoms with Gasteiger partial charge >= 0.3 is 0 Å². The van der Waals surface area contributed by atoms with E-state index in [-0.39, 0.29) is 22.2 Å². The third-order valence-corrected chi connectivity index (χ3v) is 5.35. The maximum Gasteiger partial charge on any atom is 0.266 e. The molecule has 0 aliphatic rings. The zero-order valence-electron chi connectivity index (χ0n) is 15.1. The Labute approximate surface area is 172 Å². The molecule has 2 aromatic heterocycles. The number of ether oxygens (including phenoxy) is 1. The SMILES string of the molecule is CSc1ncc(Cc2c(C)[nH]c(=O)c(Br)c2OCc2ccc(F)cc2F)cn1. The molecule has 28 heavy (non-hydrogen) atoms. The van der Waals surface area contributed by atoms with E-state index in [1.807, 2.05) is 6.26 Å². The molecule has 0 bridgehead atoms. The maximum absolute atomic E-state index is 13.9. The number of rotatable bonds is 6. The highest BCUT2D eigenvalue weighted by Gasteiger charge is 2.17. The summed E-state index contributed by atoms with van der Waals surface area (Å²) in [5, 5.41) is 0.659. The number of hydrogen-bond donors (Lipinski definition) is 1. The van der Waals surface area contributed by atoms with Crippen LogP contribution in [0.5, 0.6) is 5.75 Å². The Morgan fingerprint density at radius 1 is 1.25 bits per heavy atom. The first-order chi connectivity index (χ1) is 13.4. The van der Waals surface area contributed by atoms with Gasteiger partial charge in [-0.1, -0.05) is 11.8 Å². The van der Waals surface area contributed by atoms with Crippen molar-refractivity contribution in [2.45, 2.75) is 25.1 Å². The first-order valence-corrected chi connectivity index (χ1v) is 10.2. The lowest BCUT2D eigenvalue weighted by Crippen LogP contribution is -2.15. The summed E-state index contributed by atoms with van der Waals surface area (Å²) in [5.74, 6) is -1.07. The molecule has 5 nitrogen and oxygen atoms in total. The maximum atomic E-state index is 13.9. The Morgan fingerprint density at radius 3 is 2.61 bits per heavy atom. The zero-order valence-corrected chi connectivity index (χ0v) is 17.5. The molecule has 0 fully saturated rings. The number of benzene rings is 1. The summed E-state index contributed by atoms with van der Waals surface area (Å²) in [6.07, 6.45) is 5.72. The van der Waals surface area contributed by atoms with Gasteiger partial charge in [0, 0.05) is 41.7 Å².